The number of nitrogens with two attached hydrogens (primary N) is 1. The highest BCUT2D eigenvalue weighted by Gasteiger charge is 2.30. The molecule has 4 heteroatoms. The van der Waals surface area contributed by atoms with Gasteiger partial charge in [0.1, 0.15) is 0 Å². The molecule has 3 nitrogen and oxygen atoms in total. The third kappa shape index (κ3) is 5.08. The Hall–Kier alpha value is -1.84. The molecule has 1 amide bonds. The van der Waals surface area contributed by atoms with E-state index < -0.39 is 6.04 Å². The van der Waals surface area contributed by atoms with Crippen LogP contribution in [-0.2, 0) is 16.6 Å². The van der Waals surface area contributed by atoms with Crippen LogP contribution in [-0.4, -0.2) is 18.0 Å². The van der Waals surface area contributed by atoms with E-state index in [2.05, 4.69) is 31.3 Å². The lowest BCUT2D eigenvalue weighted by atomic mass is 9.78. The first-order valence-corrected chi connectivity index (χ1v) is 8.06. The summed E-state index contributed by atoms with van der Waals surface area (Å²) in [5.41, 5.74) is 8.18. The van der Waals surface area contributed by atoms with Gasteiger partial charge >= 0.3 is 0 Å². The smallest absolute Gasteiger partial charge is 0.237 e. The number of hydrogen-bond donors (Lipinski definition) is 2. The lowest BCUT2D eigenvalue weighted by Gasteiger charge is -2.33. The molecule has 0 aromatic heterocycles. The Morgan fingerprint density at radius 3 is 2.08 bits per heavy atom. The zero-order chi connectivity index (χ0) is 16.9. The van der Waals surface area contributed by atoms with Gasteiger partial charge in [-0.1, -0.05) is 74.5 Å². The Balaban J connectivity index is 0.00000288. The molecule has 0 aliphatic heterocycles. The largest absolute Gasteiger partial charge is 0.351 e. The van der Waals surface area contributed by atoms with Gasteiger partial charge in [0.25, 0.3) is 0 Å². The summed E-state index contributed by atoms with van der Waals surface area (Å²) < 4.78 is 0. The molecule has 130 valence electrons. The zero-order valence-corrected chi connectivity index (χ0v) is 15.3. The Morgan fingerprint density at radius 2 is 1.54 bits per heavy atom. The second-order valence-electron chi connectivity index (χ2n) is 6.61. The zero-order valence-electron chi connectivity index (χ0n) is 14.5. The van der Waals surface area contributed by atoms with E-state index in [1.54, 1.807) is 0 Å². The monoisotopic (exact) mass is 346 g/mol. The molecule has 0 saturated carbocycles. The summed E-state index contributed by atoms with van der Waals surface area (Å²) in [6, 6.07) is 19.5. The van der Waals surface area contributed by atoms with E-state index >= 15 is 0 Å². The lowest BCUT2D eigenvalue weighted by molar-refractivity contribution is -0.123. The van der Waals surface area contributed by atoms with Crippen molar-refractivity contribution in [1.29, 1.82) is 0 Å². The van der Waals surface area contributed by atoms with Crippen molar-refractivity contribution in [2.24, 2.45) is 5.73 Å². The van der Waals surface area contributed by atoms with Gasteiger partial charge in [-0.2, -0.15) is 0 Å². The number of carbonyl (C=O) groups excluding carboxylic acids is 1. The Bertz CT molecular complexity index is 629. The number of nitrogens with one attached hydrogen (secondary N) is 1. The summed E-state index contributed by atoms with van der Waals surface area (Å²) >= 11 is 0. The average molecular weight is 347 g/mol. The van der Waals surface area contributed by atoms with Crippen LogP contribution in [0.4, 0.5) is 0 Å². The molecule has 2 unspecified atom stereocenters. The highest BCUT2D eigenvalue weighted by Crippen LogP contribution is 2.26. The fraction of sp³-hybridized carbons (Fsp3) is 0.350. The van der Waals surface area contributed by atoms with Crippen molar-refractivity contribution in [1.82, 2.24) is 5.32 Å². The third-order valence-electron chi connectivity index (χ3n) is 4.59. The molecule has 0 radical (unpaired) electrons. The van der Waals surface area contributed by atoms with E-state index in [1.165, 1.54) is 5.56 Å². The van der Waals surface area contributed by atoms with Crippen LogP contribution in [0.3, 0.4) is 0 Å². The Morgan fingerprint density at radius 1 is 1.04 bits per heavy atom. The van der Waals surface area contributed by atoms with Gasteiger partial charge in [-0.3, -0.25) is 4.79 Å². The van der Waals surface area contributed by atoms with Crippen LogP contribution in [0.2, 0.25) is 0 Å². The number of hydrogen-bond acceptors (Lipinski definition) is 2. The number of rotatable bonds is 6. The highest BCUT2D eigenvalue weighted by molar-refractivity contribution is 5.85. The van der Waals surface area contributed by atoms with Crippen molar-refractivity contribution in [2.45, 2.75) is 44.7 Å². The van der Waals surface area contributed by atoms with Gasteiger partial charge in [0.05, 0.1) is 6.04 Å². The summed E-state index contributed by atoms with van der Waals surface area (Å²) in [6.45, 7) is 6.30. The predicted molar refractivity (Wildman–Crippen MR) is 102 cm³/mol. The maximum Gasteiger partial charge on any atom is 0.237 e. The summed E-state index contributed by atoms with van der Waals surface area (Å²) in [4.78, 5) is 12.4. The van der Waals surface area contributed by atoms with Crippen molar-refractivity contribution < 1.29 is 4.79 Å². The molecule has 2 atom stereocenters. The third-order valence-corrected chi connectivity index (χ3v) is 4.59. The lowest BCUT2D eigenvalue weighted by Crippen LogP contribution is -2.51. The molecule has 0 aliphatic carbocycles. The van der Waals surface area contributed by atoms with E-state index in [4.69, 9.17) is 5.73 Å². The SMILES string of the molecule is CC(NC(=O)C(N)Cc1ccccc1)C(C)(C)c1ccccc1.Cl. The maximum atomic E-state index is 12.4. The Labute approximate surface area is 151 Å². The number of carbonyl (C=O) groups is 1. The minimum atomic E-state index is -0.536. The van der Waals surface area contributed by atoms with Gasteiger partial charge in [-0.25, -0.2) is 0 Å². The molecule has 0 saturated heterocycles. The van der Waals surface area contributed by atoms with Crippen LogP contribution in [0.5, 0.6) is 0 Å². The van der Waals surface area contributed by atoms with Gasteiger partial charge in [0, 0.05) is 11.5 Å². The van der Waals surface area contributed by atoms with Crippen LogP contribution >= 0.6 is 12.4 Å². The quantitative estimate of drug-likeness (QED) is 0.841. The molecule has 0 bridgehead atoms. The summed E-state index contributed by atoms with van der Waals surface area (Å²) in [7, 11) is 0. The first kappa shape index (κ1) is 20.2. The number of benzene rings is 2. The van der Waals surface area contributed by atoms with Crippen LogP contribution in [0, 0.1) is 0 Å². The minimum absolute atomic E-state index is 0. The Kier molecular flexibility index (Phi) is 7.46. The summed E-state index contributed by atoms with van der Waals surface area (Å²) in [5, 5.41) is 3.07. The van der Waals surface area contributed by atoms with E-state index in [1.807, 2.05) is 55.5 Å². The molecular formula is C20H27ClN2O. The molecule has 2 aromatic carbocycles. The molecule has 0 spiro atoms. The second-order valence-corrected chi connectivity index (χ2v) is 6.61. The minimum Gasteiger partial charge on any atom is -0.351 e. The first-order chi connectivity index (χ1) is 10.9. The maximum absolute atomic E-state index is 12.4. The van der Waals surface area contributed by atoms with E-state index in [0.29, 0.717) is 6.42 Å². The average Bonchev–Trinajstić information content (AvgIpc) is 2.56. The molecular weight excluding hydrogens is 320 g/mol. The van der Waals surface area contributed by atoms with Crippen molar-refractivity contribution in [3.8, 4) is 0 Å². The van der Waals surface area contributed by atoms with Crippen LogP contribution in [0.1, 0.15) is 31.9 Å². The summed E-state index contributed by atoms with van der Waals surface area (Å²) in [5.74, 6) is -0.106. The molecule has 0 aliphatic rings. The van der Waals surface area contributed by atoms with Crippen molar-refractivity contribution in [2.75, 3.05) is 0 Å². The normalized spacial score (nSPS) is 13.5. The van der Waals surface area contributed by atoms with E-state index in [-0.39, 0.29) is 29.8 Å². The van der Waals surface area contributed by atoms with Gasteiger partial charge in [0.2, 0.25) is 5.91 Å². The number of halogens is 1. The fourth-order valence-electron chi connectivity index (χ4n) is 2.58. The van der Waals surface area contributed by atoms with Gasteiger partial charge in [-0.05, 0) is 24.5 Å². The molecule has 0 fully saturated rings. The summed E-state index contributed by atoms with van der Waals surface area (Å²) in [6.07, 6.45) is 0.547. The van der Waals surface area contributed by atoms with Crippen molar-refractivity contribution in [3.63, 3.8) is 0 Å². The van der Waals surface area contributed by atoms with E-state index in [9.17, 15) is 4.79 Å². The van der Waals surface area contributed by atoms with Crippen LogP contribution in [0.25, 0.3) is 0 Å². The molecule has 2 aromatic rings. The topological polar surface area (TPSA) is 55.1 Å². The van der Waals surface area contributed by atoms with Gasteiger partial charge in [-0.15, -0.1) is 12.4 Å². The molecule has 24 heavy (non-hydrogen) atoms. The second kappa shape index (κ2) is 8.86. The molecule has 3 N–H and O–H groups in total. The van der Waals surface area contributed by atoms with Crippen LogP contribution < -0.4 is 11.1 Å². The molecule has 0 heterocycles. The van der Waals surface area contributed by atoms with Crippen LogP contribution in [0.15, 0.2) is 60.7 Å². The standard InChI is InChI=1S/C20H26N2O.ClH/c1-15(20(2,3)17-12-8-5-9-13-17)22-19(23)18(21)14-16-10-6-4-7-11-16;/h4-13,15,18H,14,21H2,1-3H3,(H,22,23);1H. The molecule has 2 rings (SSSR count). The van der Waals surface area contributed by atoms with E-state index in [0.717, 1.165) is 5.56 Å². The fourth-order valence-corrected chi connectivity index (χ4v) is 2.58. The van der Waals surface area contributed by atoms with Gasteiger partial charge < -0.3 is 11.1 Å². The highest BCUT2D eigenvalue weighted by atomic mass is 35.5. The predicted octanol–water partition coefficient (Wildman–Crippen LogP) is 3.46. The number of amides is 1. The van der Waals surface area contributed by atoms with Crippen molar-refractivity contribution in [3.05, 3.63) is 71.8 Å². The first-order valence-electron chi connectivity index (χ1n) is 8.06. The van der Waals surface area contributed by atoms with Crippen molar-refractivity contribution >= 4 is 18.3 Å². The van der Waals surface area contributed by atoms with Gasteiger partial charge in [0.15, 0.2) is 0 Å².